The van der Waals surface area contributed by atoms with Crippen LogP contribution in [-0.4, -0.2) is 93.6 Å². The summed E-state index contributed by atoms with van der Waals surface area (Å²) >= 11 is 0. The summed E-state index contributed by atoms with van der Waals surface area (Å²) in [6, 6.07) is 16.2. The number of piperidine rings is 2. The number of nitrogens with zero attached hydrogens (tertiary/aromatic N) is 6. The van der Waals surface area contributed by atoms with Crippen LogP contribution < -0.4 is 40.9 Å². The SMILES string of the molecule is Cc1c(C)n(OC(=O)/C=C/C(=O)On2c(NC/C=C\COc3cccc(CN4CCCCC4)c3)nc(=O)c(C)c2C)c(NC/C=C\COc2cccc(CN3CCCCC3)c2)nc1=O. The standard InChI is InChI=1S/C48H60N8O8/c1-35-37(3)55(47(51-45(35)59)49-23-7-13-29-61-41-19-15-17-39(31-41)33-53-25-9-5-10-26-53)63-43(57)21-22-44(58)64-56-38(4)36(2)46(60)52-48(56)50-24-8-14-30-62-42-20-16-18-40(32-42)34-54-27-11-6-12-28-54/h7-8,13-22,31-32H,5-6,9-12,23-30,33-34H2,1-4H3,(H,49,51,59)(H,50,52,60)/b13-7-,14-8-,22-21+. The van der Waals surface area contributed by atoms with Crippen molar-refractivity contribution in [2.24, 2.45) is 0 Å². The highest BCUT2D eigenvalue weighted by molar-refractivity contribution is 5.92. The summed E-state index contributed by atoms with van der Waals surface area (Å²) in [5.74, 6) is -0.331. The van der Waals surface area contributed by atoms with Crippen molar-refractivity contribution in [2.75, 3.05) is 63.1 Å². The Hall–Kier alpha value is -6.52. The molecule has 6 rings (SSSR count). The van der Waals surface area contributed by atoms with E-state index in [0.29, 0.717) is 24.6 Å². The van der Waals surface area contributed by atoms with E-state index in [2.05, 4.69) is 54.7 Å². The van der Waals surface area contributed by atoms with E-state index in [4.69, 9.17) is 19.1 Å². The van der Waals surface area contributed by atoms with Crippen molar-refractivity contribution < 1.29 is 28.7 Å². The van der Waals surface area contributed by atoms with Crippen molar-refractivity contribution in [1.29, 1.82) is 0 Å². The number of ether oxygens (including phenoxy) is 2. The molecule has 0 atom stereocenters. The third-order valence-corrected chi connectivity index (χ3v) is 11.1. The average molecular weight is 877 g/mol. The zero-order chi connectivity index (χ0) is 45.3. The van der Waals surface area contributed by atoms with E-state index in [-0.39, 0.29) is 36.1 Å². The number of benzene rings is 2. The average Bonchev–Trinajstić information content (AvgIpc) is 3.29. The number of hydrogen-bond acceptors (Lipinski definition) is 14. The summed E-state index contributed by atoms with van der Waals surface area (Å²) in [5.41, 5.74) is 2.68. The van der Waals surface area contributed by atoms with Crippen molar-refractivity contribution >= 4 is 23.8 Å². The summed E-state index contributed by atoms with van der Waals surface area (Å²) in [6.45, 7) is 13.8. The van der Waals surface area contributed by atoms with Gasteiger partial charge >= 0.3 is 11.9 Å². The second kappa shape index (κ2) is 23.8. The lowest BCUT2D eigenvalue weighted by Crippen LogP contribution is -2.30. The Morgan fingerprint density at radius 2 is 1.00 bits per heavy atom. The number of nitrogens with one attached hydrogen (secondary N) is 2. The van der Waals surface area contributed by atoms with Gasteiger partial charge in [0.25, 0.3) is 11.1 Å². The monoisotopic (exact) mass is 876 g/mol. The molecule has 0 radical (unpaired) electrons. The topological polar surface area (TPSA) is 171 Å². The predicted octanol–water partition coefficient (Wildman–Crippen LogP) is 5.27. The van der Waals surface area contributed by atoms with Crippen molar-refractivity contribution in [2.45, 2.75) is 79.3 Å². The number of carbonyl (C=O) groups excluding carboxylic acids is 2. The van der Waals surface area contributed by atoms with Crippen LogP contribution in [0.5, 0.6) is 11.5 Å². The van der Waals surface area contributed by atoms with Gasteiger partial charge in [-0.2, -0.15) is 9.97 Å². The quantitative estimate of drug-likeness (QED) is 0.0870. The Labute approximate surface area is 374 Å². The summed E-state index contributed by atoms with van der Waals surface area (Å²) in [7, 11) is 0. The van der Waals surface area contributed by atoms with Gasteiger partial charge in [-0.25, -0.2) is 9.59 Å². The summed E-state index contributed by atoms with van der Waals surface area (Å²) in [4.78, 5) is 75.3. The molecule has 2 aromatic carbocycles. The minimum atomic E-state index is -0.940. The van der Waals surface area contributed by atoms with E-state index in [1.807, 2.05) is 48.6 Å². The Balaban J connectivity index is 0.986. The lowest BCUT2D eigenvalue weighted by molar-refractivity contribution is -0.141. The first kappa shape index (κ1) is 47.0. The predicted molar refractivity (Wildman–Crippen MR) is 246 cm³/mol. The Morgan fingerprint density at radius 1 is 0.594 bits per heavy atom. The van der Waals surface area contributed by atoms with Crippen LogP contribution in [-0.2, 0) is 22.7 Å². The Bertz CT molecular complexity index is 2260. The molecule has 0 unspecified atom stereocenters. The van der Waals surface area contributed by atoms with Crippen LogP contribution in [0.15, 0.2) is 94.6 Å². The normalized spacial score (nSPS) is 14.9. The van der Waals surface area contributed by atoms with Gasteiger partial charge in [0.2, 0.25) is 11.9 Å². The molecule has 2 fully saturated rings. The first-order chi connectivity index (χ1) is 31.0. The molecule has 4 heterocycles. The van der Waals surface area contributed by atoms with E-state index in [1.54, 1.807) is 27.7 Å². The van der Waals surface area contributed by atoms with E-state index < -0.39 is 23.1 Å². The Morgan fingerprint density at radius 3 is 1.41 bits per heavy atom. The summed E-state index contributed by atoms with van der Waals surface area (Å²) < 4.78 is 14.1. The van der Waals surface area contributed by atoms with Gasteiger partial charge in [0.1, 0.15) is 24.7 Å². The van der Waals surface area contributed by atoms with Crippen LogP contribution in [0.25, 0.3) is 0 Å². The molecule has 2 aromatic heterocycles. The molecule has 2 saturated heterocycles. The maximum absolute atomic E-state index is 13.0. The molecule has 340 valence electrons. The van der Waals surface area contributed by atoms with Crippen molar-refractivity contribution in [1.82, 2.24) is 29.2 Å². The highest BCUT2D eigenvalue weighted by Gasteiger charge is 2.17. The van der Waals surface area contributed by atoms with Crippen LogP contribution in [0, 0.1) is 27.7 Å². The third-order valence-electron chi connectivity index (χ3n) is 11.1. The number of aromatic nitrogens is 4. The van der Waals surface area contributed by atoms with Gasteiger partial charge in [0.15, 0.2) is 0 Å². The molecule has 0 aliphatic carbocycles. The van der Waals surface area contributed by atoms with Crippen LogP contribution in [0.3, 0.4) is 0 Å². The lowest BCUT2D eigenvalue weighted by Gasteiger charge is -2.26. The van der Waals surface area contributed by atoms with Crippen molar-refractivity contribution in [3.05, 3.63) is 139 Å². The van der Waals surface area contributed by atoms with E-state index in [9.17, 15) is 19.2 Å². The summed E-state index contributed by atoms with van der Waals surface area (Å²) in [5, 5.41) is 6.01. The molecule has 64 heavy (non-hydrogen) atoms. The van der Waals surface area contributed by atoms with Gasteiger partial charge in [0.05, 0.1) is 11.4 Å². The molecule has 0 amide bonds. The molecular formula is C48H60N8O8. The van der Waals surface area contributed by atoms with E-state index >= 15 is 0 Å². The minimum Gasteiger partial charge on any atom is -0.490 e. The smallest absolute Gasteiger partial charge is 0.356 e. The molecule has 0 bridgehead atoms. The number of hydrogen-bond donors (Lipinski definition) is 2. The molecule has 0 spiro atoms. The van der Waals surface area contributed by atoms with Gasteiger partial charge in [0, 0.05) is 49.5 Å². The van der Waals surface area contributed by atoms with Crippen LogP contribution in [0.1, 0.15) is 72.2 Å². The van der Waals surface area contributed by atoms with Gasteiger partial charge < -0.3 is 29.8 Å². The first-order valence-corrected chi connectivity index (χ1v) is 22.0. The fourth-order valence-corrected chi connectivity index (χ4v) is 7.32. The lowest BCUT2D eigenvalue weighted by atomic mass is 10.1. The first-order valence-electron chi connectivity index (χ1n) is 22.0. The minimum absolute atomic E-state index is 0.00685. The number of carbonyl (C=O) groups is 2. The van der Waals surface area contributed by atoms with Crippen molar-refractivity contribution in [3.63, 3.8) is 0 Å². The highest BCUT2D eigenvalue weighted by atomic mass is 16.7. The molecule has 4 aromatic rings. The molecular weight excluding hydrogens is 817 g/mol. The third kappa shape index (κ3) is 14.0. The highest BCUT2D eigenvalue weighted by Crippen LogP contribution is 2.19. The molecule has 2 aliphatic rings. The van der Waals surface area contributed by atoms with Gasteiger partial charge in [-0.1, -0.05) is 49.3 Å². The largest absolute Gasteiger partial charge is 0.490 e. The van der Waals surface area contributed by atoms with Gasteiger partial charge in [-0.3, -0.25) is 19.4 Å². The van der Waals surface area contributed by atoms with Gasteiger partial charge in [-0.15, -0.1) is 9.46 Å². The van der Waals surface area contributed by atoms with Crippen LogP contribution in [0.2, 0.25) is 0 Å². The molecule has 2 N–H and O–H groups in total. The zero-order valence-electron chi connectivity index (χ0n) is 37.3. The van der Waals surface area contributed by atoms with Crippen molar-refractivity contribution in [3.8, 4) is 11.5 Å². The fourth-order valence-electron chi connectivity index (χ4n) is 7.32. The Kier molecular flexibility index (Phi) is 17.5. The molecule has 0 saturated carbocycles. The second-order valence-corrected chi connectivity index (χ2v) is 15.9. The van der Waals surface area contributed by atoms with E-state index in [0.717, 1.165) is 72.4 Å². The number of likely N-dealkylation sites (tertiary alicyclic amines) is 2. The zero-order valence-corrected chi connectivity index (χ0v) is 37.3. The van der Waals surface area contributed by atoms with E-state index in [1.165, 1.54) is 49.7 Å². The molecule has 2 aliphatic heterocycles. The maximum Gasteiger partial charge on any atom is 0.356 e. The summed E-state index contributed by atoms with van der Waals surface area (Å²) in [6.07, 6.45) is 16.6. The van der Waals surface area contributed by atoms with Crippen LogP contribution in [0.4, 0.5) is 11.9 Å². The van der Waals surface area contributed by atoms with Gasteiger partial charge in [-0.05, 0) is 127 Å². The second-order valence-electron chi connectivity index (χ2n) is 15.9. The maximum atomic E-state index is 13.0. The fraction of sp³-hybridized carbons (Fsp3) is 0.417. The molecule has 16 nitrogen and oxygen atoms in total. The van der Waals surface area contributed by atoms with Crippen LogP contribution >= 0.6 is 0 Å². The molecule has 16 heteroatoms. The number of rotatable bonds is 20. The number of anilines is 2.